The van der Waals surface area contributed by atoms with E-state index < -0.39 is 0 Å². The van der Waals surface area contributed by atoms with Gasteiger partial charge in [-0.25, -0.2) is 4.79 Å². The third-order valence-corrected chi connectivity index (χ3v) is 4.71. The van der Waals surface area contributed by atoms with Crippen LogP contribution >= 0.6 is 0 Å². The molecule has 0 saturated carbocycles. The summed E-state index contributed by atoms with van der Waals surface area (Å²) in [5.41, 5.74) is 1.23. The van der Waals surface area contributed by atoms with E-state index in [1.165, 1.54) is 0 Å². The highest BCUT2D eigenvalue weighted by Crippen LogP contribution is 2.24. The van der Waals surface area contributed by atoms with Crippen molar-refractivity contribution in [2.24, 2.45) is 0 Å². The predicted molar refractivity (Wildman–Crippen MR) is 102 cm³/mol. The van der Waals surface area contributed by atoms with Crippen LogP contribution in [0.3, 0.4) is 0 Å². The minimum absolute atomic E-state index is 0.0149. The Morgan fingerprint density at radius 1 is 1.22 bits per heavy atom. The average molecular weight is 373 g/mol. The van der Waals surface area contributed by atoms with Gasteiger partial charge in [0.15, 0.2) is 11.5 Å². The number of hydrogen-bond donors (Lipinski definition) is 1. The molecule has 3 rings (SSSR count). The zero-order chi connectivity index (χ0) is 19.7. The van der Waals surface area contributed by atoms with Gasteiger partial charge in [0.1, 0.15) is 0 Å². The average Bonchev–Trinajstić information content (AvgIpc) is 3.03. The summed E-state index contributed by atoms with van der Waals surface area (Å²) in [5, 5.41) is 11.5. The fraction of sp³-hybridized carbons (Fsp3) is 0.556. The molecule has 27 heavy (non-hydrogen) atoms. The lowest BCUT2D eigenvalue weighted by Gasteiger charge is -2.39. The molecule has 3 heterocycles. The fourth-order valence-electron chi connectivity index (χ4n) is 3.22. The summed E-state index contributed by atoms with van der Waals surface area (Å²) < 4.78 is 1.85. The number of carbonyl (C=O) groups excluding carboxylic acids is 2. The quantitative estimate of drug-likeness (QED) is 0.862. The molecule has 1 aliphatic rings. The number of rotatable bonds is 3. The van der Waals surface area contributed by atoms with E-state index in [1.54, 1.807) is 37.3 Å². The lowest BCUT2D eigenvalue weighted by Crippen LogP contribution is -2.52. The summed E-state index contributed by atoms with van der Waals surface area (Å²) in [4.78, 5) is 30.3. The second-order valence-corrected chi connectivity index (χ2v) is 7.45. The first kappa shape index (κ1) is 19.1. The van der Waals surface area contributed by atoms with Crippen molar-refractivity contribution in [3.8, 4) is 0 Å². The second kappa shape index (κ2) is 7.51. The van der Waals surface area contributed by atoms with Crippen molar-refractivity contribution in [1.82, 2.24) is 34.6 Å². The third-order valence-electron chi connectivity index (χ3n) is 4.71. The van der Waals surface area contributed by atoms with Crippen LogP contribution < -0.4 is 5.32 Å². The van der Waals surface area contributed by atoms with Crippen LogP contribution in [0.2, 0.25) is 0 Å². The molecule has 0 aliphatic carbocycles. The van der Waals surface area contributed by atoms with Gasteiger partial charge in [-0.2, -0.15) is 0 Å². The molecule has 1 fully saturated rings. The van der Waals surface area contributed by atoms with E-state index >= 15 is 0 Å². The van der Waals surface area contributed by atoms with Gasteiger partial charge in [0.05, 0.1) is 11.6 Å². The van der Waals surface area contributed by atoms with Crippen molar-refractivity contribution in [3.63, 3.8) is 0 Å². The second-order valence-electron chi connectivity index (χ2n) is 7.45. The molecule has 0 bridgehead atoms. The number of piperazine rings is 1. The number of aromatic nitrogens is 3. The van der Waals surface area contributed by atoms with E-state index in [9.17, 15) is 9.59 Å². The Bertz CT molecular complexity index is 845. The highest BCUT2D eigenvalue weighted by Gasteiger charge is 2.32. The first-order valence-electron chi connectivity index (χ1n) is 9.10. The van der Waals surface area contributed by atoms with E-state index in [-0.39, 0.29) is 24.0 Å². The van der Waals surface area contributed by atoms with Crippen LogP contribution in [0.5, 0.6) is 0 Å². The van der Waals surface area contributed by atoms with E-state index in [0.717, 1.165) is 12.4 Å². The molecule has 2 aromatic heterocycles. The van der Waals surface area contributed by atoms with Crippen molar-refractivity contribution in [2.75, 3.05) is 40.8 Å². The van der Waals surface area contributed by atoms with Gasteiger partial charge in [0, 0.05) is 46.0 Å². The zero-order valence-electron chi connectivity index (χ0n) is 16.5. The molecular formula is C18H27N7O2. The van der Waals surface area contributed by atoms with Gasteiger partial charge in [-0.3, -0.25) is 14.1 Å². The summed E-state index contributed by atoms with van der Waals surface area (Å²) in [6.45, 7) is 5.79. The van der Waals surface area contributed by atoms with Gasteiger partial charge in [0.25, 0.3) is 5.91 Å². The smallest absolute Gasteiger partial charge is 0.319 e. The normalized spacial score (nSPS) is 18.1. The van der Waals surface area contributed by atoms with Gasteiger partial charge in [-0.15, -0.1) is 10.2 Å². The molecule has 1 N–H and O–H groups in total. The van der Waals surface area contributed by atoms with Crippen LogP contribution in [-0.2, 0) is 0 Å². The lowest BCUT2D eigenvalue weighted by molar-refractivity contribution is 0.0932. The number of likely N-dealkylation sites (N-methyl/N-ethyl adjacent to an activating group) is 1. The van der Waals surface area contributed by atoms with Crippen molar-refractivity contribution >= 4 is 17.6 Å². The van der Waals surface area contributed by atoms with Crippen LogP contribution in [0.25, 0.3) is 5.65 Å². The Kier molecular flexibility index (Phi) is 5.31. The van der Waals surface area contributed by atoms with Gasteiger partial charge in [0.2, 0.25) is 0 Å². The number of amides is 3. The van der Waals surface area contributed by atoms with Gasteiger partial charge >= 0.3 is 6.03 Å². The molecule has 0 spiro atoms. The maximum absolute atomic E-state index is 12.4. The SMILES string of the molecule is CC(C)NC(=O)c1ccc2nnc(C3CN(C(=O)N(C)C)CCN3C)n2c1. The van der Waals surface area contributed by atoms with Crippen molar-refractivity contribution < 1.29 is 9.59 Å². The molecule has 146 valence electrons. The van der Waals surface area contributed by atoms with Crippen LogP contribution in [0, 0.1) is 0 Å². The molecule has 9 heteroatoms. The molecule has 2 aromatic rings. The number of urea groups is 1. The summed E-state index contributed by atoms with van der Waals surface area (Å²) in [6, 6.07) is 3.48. The first-order chi connectivity index (χ1) is 12.8. The van der Waals surface area contributed by atoms with E-state index in [2.05, 4.69) is 20.4 Å². The Labute approximate surface area is 158 Å². The molecule has 0 aromatic carbocycles. The minimum atomic E-state index is -0.132. The van der Waals surface area contributed by atoms with E-state index in [4.69, 9.17) is 0 Å². The minimum Gasteiger partial charge on any atom is -0.350 e. The maximum atomic E-state index is 12.4. The van der Waals surface area contributed by atoms with Crippen molar-refractivity contribution in [3.05, 3.63) is 29.7 Å². The number of pyridine rings is 1. The highest BCUT2D eigenvalue weighted by molar-refractivity contribution is 5.94. The van der Waals surface area contributed by atoms with Crippen LogP contribution in [0.1, 0.15) is 36.1 Å². The Hall–Kier alpha value is -2.68. The number of nitrogens with one attached hydrogen (secondary N) is 1. The highest BCUT2D eigenvalue weighted by atomic mass is 16.2. The Balaban J connectivity index is 1.92. The Morgan fingerprint density at radius 2 is 1.96 bits per heavy atom. The number of carbonyl (C=O) groups is 2. The van der Waals surface area contributed by atoms with Gasteiger partial charge < -0.3 is 15.1 Å². The molecule has 3 amide bonds. The molecule has 1 saturated heterocycles. The largest absolute Gasteiger partial charge is 0.350 e. The first-order valence-corrected chi connectivity index (χ1v) is 9.10. The van der Waals surface area contributed by atoms with Crippen LogP contribution in [-0.4, -0.2) is 88.1 Å². The lowest BCUT2D eigenvalue weighted by atomic mass is 10.1. The standard InChI is InChI=1S/C18H27N7O2/c1-12(2)19-17(26)13-6-7-15-20-21-16(25(15)10-13)14-11-24(9-8-23(14)5)18(27)22(3)4/h6-7,10,12,14H,8-9,11H2,1-5H3,(H,19,26). The van der Waals surface area contributed by atoms with Crippen molar-refractivity contribution in [2.45, 2.75) is 25.9 Å². The molecular weight excluding hydrogens is 346 g/mol. The number of hydrogen-bond acceptors (Lipinski definition) is 5. The van der Waals surface area contributed by atoms with Gasteiger partial charge in [-0.1, -0.05) is 0 Å². The topological polar surface area (TPSA) is 86.1 Å². The summed E-state index contributed by atoms with van der Waals surface area (Å²) in [6.07, 6.45) is 1.77. The van der Waals surface area contributed by atoms with Crippen molar-refractivity contribution in [1.29, 1.82) is 0 Å². The molecule has 1 atom stereocenters. The maximum Gasteiger partial charge on any atom is 0.319 e. The third kappa shape index (κ3) is 3.87. The summed E-state index contributed by atoms with van der Waals surface area (Å²) >= 11 is 0. The summed E-state index contributed by atoms with van der Waals surface area (Å²) in [5.74, 6) is 0.593. The van der Waals surface area contributed by atoms with Crippen LogP contribution in [0.15, 0.2) is 18.3 Å². The molecule has 1 aliphatic heterocycles. The zero-order valence-corrected chi connectivity index (χ0v) is 16.5. The fourth-order valence-corrected chi connectivity index (χ4v) is 3.22. The monoisotopic (exact) mass is 373 g/mol. The van der Waals surface area contributed by atoms with E-state index in [0.29, 0.717) is 24.3 Å². The van der Waals surface area contributed by atoms with E-state index in [1.807, 2.05) is 30.2 Å². The molecule has 0 radical (unpaired) electrons. The predicted octanol–water partition coefficient (Wildman–Crippen LogP) is 0.838. The summed E-state index contributed by atoms with van der Waals surface area (Å²) in [7, 11) is 5.52. The van der Waals surface area contributed by atoms with Crippen LogP contribution in [0.4, 0.5) is 4.79 Å². The number of nitrogens with zero attached hydrogens (tertiary/aromatic N) is 6. The van der Waals surface area contributed by atoms with Gasteiger partial charge in [-0.05, 0) is 33.0 Å². The Morgan fingerprint density at radius 3 is 2.63 bits per heavy atom. The molecule has 9 nitrogen and oxygen atoms in total. The number of fused-ring (bicyclic) bond motifs is 1. The molecule has 1 unspecified atom stereocenters.